The molecule has 0 saturated carbocycles. The minimum atomic E-state index is -3.87. The van der Waals surface area contributed by atoms with Gasteiger partial charge in [0.15, 0.2) is 0 Å². The van der Waals surface area contributed by atoms with Crippen molar-refractivity contribution in [3.63, 3.8) is 0 Å². The Morgan fingerprint density at radius 1 is 1.35 bits per heavy atom. The van der Waals surface area contributed by atoms with E-state index >= 15 is 0 Å². The summed E-state index contributed by atoms with van der Waals surface area (Å²) in [7, 11) is 0.0268. The predicted molar refractivity (Wildman–Crippen MR) is 81.5 cm³/mol. The molecule has 20 heavy (non-hydrogen) atoms. The topological polar surface area (TPSA) is 75.4 Å². The zero-order valence-electron chi connectivity index (χ0n) is 11.5. The van der Waals surface area contributed by atoms with Crippen LogP contribution >= 0.6 is 15.9 Å². The number of sulfonamides is 1. The number of halogens is 2. The molecule has 0 aliphatic heterocycles. The van der Waals surface area contributed by atoms with Gasteiger partial charge in [-0.3, -0.25) is 0 Å². The van der Waals surface area contributed by atoms with Crippen LogP contribution in [-0.2, 0) is 10.0 Å². The number of rotatable bonds is 7. The standard InChI is InChI=1S/C12H19BrFN3O2S/c1-17(2)6-4-3-5-16-20(18,19)12-8-11(15)9(13)7-10(12)14/h7-8,16H,3-6,15H2,1-2H3. The number of nitrogens with one attached hydrogen (secondary N) is 1. The molecule has 1 aromatic rings. The smallest absolute Gasteiger partial charge is 0.243 e. The molecule has 5 nitrogen and oxygen atoms in total. The Morgan fingerprint density at radius 3 is 2.60 bits per heavy atom. The van der Waals surface area contributed by atoms with Crippen LogP contribution in [-0.4, -0.2) is 40.5 Å². The fourth-order valence-corrected chi connectivity index (χ4v) is 3.07. The molecule has 0 aliphatic rings. The van der Waals surface area contributed by atoms with Gasteiger partial charge in [-0.05, 0) is 61.5 Å². The van der Waals surface area contributed by atoms with Crippen molar-refractivity contribution in [3.05, 3.63) is 22.4 Å². The van der Waals surface area contributed by atoms with Crippen molar-refractivity contribution < 1.29 is 12.8 Å². The molecule has 0 unspecified atom stereocenters. The van der Waals surface area contributed by atoms with Gasteiger partial charge in [0.2, 0.25) is 10.0 Å². The predicted octanol–water partition coefficient (Wildman–Crippen LogP) is 1.79. The van der Waals surface area contributed by atoms with Gasteiger partial charge in [-0.1, -0.05) is 0 Å². The van der Waals surface area contributed by atoms with Crippen molar-refractivity contribution >= 4 is 31.6 Å². The SMILES string of the molecule is CN(C)CCCCNS(=O)(=O)c1cc(N)c(Br)cc1F. The first-order chi connectivity index (χ1) is 9.24. The van der Waals surface area contributed by atoms with Gasteiger partial charge in [0.05, 0.1) is 0 Å². The van der Waals surface area contributed by atoms with E-state index in [1.807, 2.05) is 19.0 Å². The second-order valence-corrected chi connectivity index (χ2v) is 7.30. The molecule has 0 spiro atoms. The lowest BCUT2D eigenvalue weighted by atomic mass is 10.3. The fourth-order valence-electron chi connectivity index (χ4n) is 1.59. The van der Waals surface area contributed by atoms with Gasteiger partial charge in [0, 0.05) is 16.7 Å². The lowest BCUT2D eigenvalue weighted by Crippen LogP contribution is -2.26. The molecule has 0 heterocycles. The van der Waals surface area contributed by atoms with Crippen LogP contribution in [0, 0.1) is 5.82 Å². The third kappa shape index (κ3) is 5.01. The Bertz CT molecular complexity index is 564. The number of unbranched alkanes of at least 4 members (excludes halogenated alkanes) is 1. The molecule has 0 bridgehead atoms. The van der Waals surface area contributed by atoms with Crippen molar-refractivity contribution in [1.29, 1.82) is 0 Å². The molecule has 0 atom stereocenters. The highest BCUT2D eigenvalue weighted by Gasteiger charge is 2.20. The third-order valence-electron chi connectivity index (χ3n) is 2.66. The number of hydrogen-bond donors (Lipinski definition) is 2. The average Bonchev–Trinajstić information content (AvgIpc) is 2.32. The van der Waals surface area contributed by atoms with Crippen LogP contribution in [0.25, 0.3) is 0 Å². The number of hydrogen-bond acceptors (Lipinski definition) is 4. The molecular formula is C12H19BrFN3O2S. The largest absolute Gasteiger partial charge is 0.398 e. The van der Waals surface area contributed by atoms with Crippen LogP contribution in [0.1, 0.15) is 12.8 Å². The molecular weight excluding hydrogens is 349 g/mol. The minimum Gasteiger partial charge on any atom is -0.398 e. The Hall–Kier alpha value is -0.700. The average molecular weight is 368 g/mol. The van der Waals surface area contributed by atoms with Crippen LogP contribution in [0.15, 0.2) is 21.5 Å². The van der Waals surface area contributed by atoms with E-state index in [2.05, 4.69) is 20.7 Å². The molecule has 1 rings (SSSR count). The van der Waals surface area contributed by atoms with E-state index in [1.54, 1.807) is 0 Å². The molecule has 1 aromatic carbocycles. The maximum atomic E-state index is 13.7. The summed E-state index contributed by atoms with van der Waals surface area (Å²) < 4.78 is 40.4. The van der Waals surface area contributed by atoms with Crippen LogP contribution in [0.4, 0.5) is 10.1 Å². The molecule has 0 radical (unpaired) electrons. The molecule has 0 aromatic heterocycles. The summed E-state index contributed by atoms with van der Waals surface area (Å²) >= 11 is 3.05. The van der Waals surface area contributed by atoms with E-state index in [4.69, 9.17) is 5.73 Å². The highest BCUT2D eigenvalue weighted by atomic mass is 79.9. The fraction of sp³-hybridized carbons (Fsp3) is 0.500. The summed E-state index contributed by atoms with van der Waals surface area (Å²) in [5.74, 6) is -0.827. The van der Waals surface area contributed by atoms with E-state index in [0.29, 0.717) is 10.9 Å². The maximum Gasteiger partial charge on any atom is 0.243 e. The summed E-state index contributed by atoms with van der Waals surface area (Å²) in [6, 6.07) is 2.16. The Balaban J connectivity index is 2.68. The first-order valence-corrected chi connectivity index (χ1v) is 8.40. The van der Waals surface area contributed by atoms with E-state index in [-0.39, 0.29) is 12.2 Å². The van der Waals surface area contributed by atoms with Gasteiger partial charge in [0.1, 0.15) is 10.7 Å². The molecule has 0 fully saturated rings. The highest BCUT2D eigenvalue weighted by Crippen LogP contribution is 2.25. The van der Waals surface area contributed by atoms with E-state index in [9.17, 15) is 12.8 Å². The van der Waals surface area contributed by atoms with Crippen LogP contribution in [0.2, 0.25) is 0 Å². The number of nitrogen functional groups attached to an aromatic ring is 1. The van der Waals surface area contributed by atoms with Gasteiger partial charge < -0.3 is 10.6 Å². The van der Waals surface area contributed by atoms with Crippen molar-refractivity contribution in [1.82, 2.24) is 9.62 Å². The number of benzene rings is 1. The lowest BCUT2D eigenvalue weighted by molar-refractivity contribution is 0.394. The number of nitrogens with two attached hydrogens (primary N) is 1. The van der Waals surface area contributed by atoms with E-state index < -0.39 is 20.7 Å². The number of nitrogens with zero attached hydrogens (tertiary/aromatic N) is 1. The summed E-state index contributed by atoms with van der Waals surface area (Å²) in [6.07, 6.45) is 1.55. The Labute approximate surface area is 127 Å². The second-order valence-electron chi connectivity index (χ2n) is 4.71. The van der Waals surface area contributed by atoms with Crippen LogP contribution in [0.3, 0.4) is 0 Å². The maximum absolute atomic E-state index is 13.7. The summed E-state index contributed by atoms with van der Waals surface area (Å²) in [4.78, 5) is 1.59. The first-order valence-electron chi connectivity index (χ1n) is 6.13. The lowest BCUT2D eigenvalue weighted by Gasteiger charge is -2.11. The van der Waals surface area contributed by atoms with Gasteiger partial charge in [-0.25, -0.2) is 17.5 Å². The molecule has 0 aliphatic carbocycles. The quantitative estimate of drug-likeness (QED) is 0.569. The zero-order valence-corrected chi connectivity index (χ0v) is 13.9. The van der Waals surface area contributed by atoms with Crippen molar-refractivity contribution in [2.24, 2.45) is 0 Å². The molecule has 114 valence electrons. The van der Waals surface area contributed by atoms with Crippen molar-refractivity contribution in [2.45, 2.75) is 17.7 Å². The monoisotopic (exact) mass is 367 g/mol. The first kappa shape index (κ1) is 17.4. The van der Waals surface area contributed by atoms with Crippen molar-refractivity contribution in [2.75, 3.05) is 32.9 Å². The molecule has 8 heteroatoms. The number of anilines is 1. The summed E-state index contributed by atoms with van der Waals surface area (Å²) in [5, 5.41) is 0. The highest BCUT2D eigenvalue weighted by molar-refractivity contribution is 9.10. The normalized spacial score (nSPS) is 12.1. The molecule has 0 amide bonds. The van der Waals surface area contributed by atoms with Crippen LogP contribution < -0.4 is 10.5 Å². The molecule has 0 saturated heterocycles. The summed E-state index contributed by atoms with van der Waals surface area (Å²) in [6.45, 7) is 1.15. The summed E-state index contributed by atoms with van der Waals surface area (Å²) in [5.41, 5.74) is 5.76. The van der Waals surface area contributed by atoms with E-state index in [1.165, 1.54) is 0 Å². The Morgan fingerprint density at radius 2 is 2.00 bits per heavy atom. The zero-order chi connectivity index (χ0) is 15.3. The Kier molecular flexibility index (Phi) is 6.38. The van der Waals surface area contributed by atoms with Gasteiger partial charge in [-0.15, -0.1) is 0 Å². The minimum absolute atomic E-state index is 0.180. The van der Waals surface area contributed by atoms with Crippen molar-refractivity contribution in [3.8, 4) is 0 Å². The van der Waals surface area contributed by atoms with Gasteiger partial charge in [0.25, 0.3) is 0 Å². The van der Waals surface area contributed by atoms with Gasteiger partial charge in [-0.2, -0.15) is 0 Å². The third-order valence-corrected chi connectivity index (χ3v) is 4.83. The van der Waals surface area contributed by atoms with Crippen LogP contribution in [0.5, 0.6) is 0 Å². The second kappa shape index (κ2) is 7.35. The molecule has 3 N–H and O–H groups in total. The van der Waals surface area contributed by atoms with E-state index in [0.717, 1.165) is 25.1 Å². The van der Waals surface area contributed by atoms with Gasteiger partial charge >= 0.3 is 0 Å².